The number of H-pyrrole nitrogens is 2. The SMILES string of the molecule is Nc1cc(-n2nc(C(=O)O)c(=O)[nH]c2=O)cc(-n2nc(C(=O)O)c(=O)[nH]c2=O)c1. The number of aromatic nitrogens is 6. The number of rotatable bonds is 4. The van der Waals surface area contributed by atoms with E-state index in [2.05, 4.69) is 10.2 Å². The van der Waals surface area contributed by atoms with E-state index in [-0.39, 0.29) is 17.1 Å². The van der Waals surface area contributed by atoms with E-state index in [0.717, 1.165) is 18.2 Å². The van der Waals surface area contributed by atoms with E-state index in [4.69, 9.17) is 15.9 Å². The Morgan fingerprint density at radius 3 is 1.52 bits per heavy atom. The smallest absolute Gasteiger partial charge is 0.362 e. The lowest BCUT2D eigenvalue weighted by Crippen LogP contribution is -2.36. The van der Waals surface area contributed by atoms with Gasteiger partial charge in [-0.25, -0.2) is 19.2 Å². The zero-order chi connectivity index (χ0) is 21.5. The molecule has 0 atom stereocenters. The number of carbonyl (C=O) groups is 2. The molecule has 0 unspecified atom stereocenters. The summed E-state index contributed by atoms with van der Waals surface area (Å²) in [5.41, 5.74) is -1.34. The molecular weight excluding hydrogens is 394 g/mol. The van der Waals surface area contributed by atoms with Crippen LogP contribution in [0.25, 0.3) is 11.4 Å². The molecule has 1 aromatic carbocycles. The van der Waals surface area contributed by atoms with Crippen LogP contribution in [0, 0.1) is 0 Å². The number of aromatic carboxylic acids is 2. The molecule has 0 spiro atoms. The molecule has 2 aromatic heterocycles. The molecule has 15 heteroatoms. The Hall–Kier alpha value is -4.82. The lowest BCUT2D eigenvalue weighted by Gasteiger charge is -2.10. The van der Waals surface area contributed by atoms with Crippen molar-refractivity contribution in [1.82, 2.24) is 29.5 Å². The van der Waals surface area contributed by atoms with Crippen molar-refractivity contribution in [2.75, 3.05) is 5.73 Å². The minimum Gasteiger partial charge on any atom is -0.476 e. The fourth-order valence-electron chi connectivity index (χ4n) is 2.29. The zero-order valence-electron chi connectivity index (χ0n) is 13.9. The third kappa shape index (κ3) is 3.42. The first-order valence-corrected chi connectivity index (χ1v) is 7.43. The monoisotopic (exact) mass is 403 g/mol. The maximum atomic E-state index is 12.0. The molecular formula is C14H9N7O8. The highest BCUT2D eigenvalue weighted by Gasteiger charge is 2.18. The van der Waals surface area contributed by atoms with E-state index >= 15 is 0 Å². The van der Waals surface area contributed by atoms with E-state index < -0.39 is 45.8 Å². The van der Waals surface area contributed by atoms with Crippen molar-refractivity contribution < 1.29 is 19.8 Å². The number of benzene rings is 1. The first-order chi connectivity index (χ1) is 13.6. The largest absolute Gasteiger partial charge is 0.476 e. The molecule has 0 fully saturated rings. The molecule has 3 rings (SSSR count). The van der Waals surface area contributed by atoms with Crippen molar-refractivity contribution in [2.24, 2.45) is 0 Å². The van der Waals surface area contributed by atoms with Crippen molar-refractivity contribution in [1.29, 1.82) is 0 Å². The summed E-state index contributed by atoms with van der Waals surface area (Å²) >= 11 is 0. The summed E-state index contributed by atoms with van der Waals surface area (Å²) in [6.07, 6.45) is 0. The molecule has 2 heterocycles. The van der Waals surface area contributed by atoms with Gasteiger partial charge in [0.1, 0.15) is 0 Å². The standard InChI is InChI=1S/C14H9N7O8/c15-4-1-5(20-13(28)16-9(22)7(18-20)11(24)25)3-6(2-4)21-14(29)17-10(23)8(19-21)12(26)27/h1-3H,15H2,(H,24,25)(H,26,27)(H,16,22,28)(H,17,23,29). The van der Waals surface area contributed by atoms with Gasteiger partial charge < -0.3 is 15.9 Å². The van der Waals surface area contributed by atoms with Gasteiger partial charge in [-0.15, -0.1) is 0 Å². The number of carboxylic acid groups (broad SMARTS) is 2. The molecule has 0 saturated carbocycles. The van der Waals surface area contributed by atoms with Crippen LogP contribution in [0.2, 0.25) is 0 Å². The second-order valence-corrected chi connectivity index (χ2v) is 5.43. The maximum Gasteiger partial charge on any atom is 0.362 e. The van der Waals surface area contributed by atoms with Crippen LogP contribution in [0.3, 0.4) is 0 Å². The van der Waals surface area contributed by atoms with Crippen LogP contribution in [-0.2, 0) is 0 Å². The van der Waals surface area contributed by atoms with Crippen LogP contribution in [0.1, 0.15) is 21.0 Å². The van der Waals surface area contributed by atoms with Crippen molar-refractivity contribution in [3.8, 4) is 11.4 Å². The van der Waals surface area contributed by atoms with Gasteiger partial charge in [0.05, 0.1) is 11.4 Å². The third-order valence-corrected chi connectivity index (χ3v) is 3.47. The average molecular weight is 403 g/mol. The quantitative estimate of drug-likeness (QED) is 0.277. The molecule has 0 amide bonds. The summed E-state index contributed by atoms with van der Waals surface area (Å²) in [7, 11) is 0. The number of carboxylic acids is 2. The van der Waals surface area contributed by atoms with Crippen molar-refractivity contribution >= 4 is 17.6 Å². The second-order valence-electron chi connectivity index (χ2n) is 5.43. The number of anilines is 1. The fourth-order valence-corrected chi connectivity index (χ4v) is 2.29. The summed E-state index contributed by atoms with van der Waals surface area (Å²) in [4.78, 5) is 72.8. The average Bonchev–Trinajstić information content (AvgIpc) is 2.60. The summed E-state index contributed by atoms with van der Waals surface area (Å²) in [5.74, 6) is -3.40. The predicted molar refractivity (Wildman–Crippen MR) is 92.8 cm³/mol. The van der Waals surface area contributed by atoms with Crippen molar-refractivity contribution in [2.45, 2.75) is 0 Å². The highest BCUT2D eigenvalue weighted by Crippen LogP contribution is 2.16. The Balaban J connectivity index is 2.30. The van der Waals surface area contributed by atoms with E-state index in [1.54, 1.807) is 9.97 Å². The van der Waals surface area contributed by atoms with Gasteiger partial charge in [0.25, 0.3) is 11.1 Å². The summed E-state index contributed by atoms with van der Waals surface area (Å²) in [5, 5.41) is 24.9. The molecule has 6 N–H and O–H groups in total. The van der Waals surface area contributed by atoms with Gasteiger partial charge in [-0.3, -0.25) is 19.6 Å². The lowest BCUT2D eigenvalue weighted by atomic mass is 10.2. The van der Waals surface area contributed by atoms with E-state index in [0.29, 0.717) is 9.36 Å². The van der Waals surface area contributed by atoms with Gasteiger partial charge in [0, 0.05) is 5.69 Å². The Bertz CT molecular complexity index is 1310. The van der Waals surface area contributed by atoms with Crippen LogP contribution >= 0.6 is 0 Å². The fraction of sp³-hybridized carbons (Fsp3) is 0. The second kappa shape index (κ2) is 6.72. The molecule has 0 aliphatic heterocycles. The minimum atomic E-state index is -1.70. The molecule has 0 aliphatic carbocycles. The predicted octanol–water partition coefficient (Wildman–Crippen LogP) is -2.87. The van der Waals surface area contributed by atoms with Crippen molar-refractivity contribution in [3.63, 3.8) is 0 Å². The minimum absolute atomic E-state index is 0.0638. The van der Waals surface area contributed by atoms with Gasteiger partial charge in [0.15, 0.2) is 0 Å². The van der Waals surface area contributed by atoms with Gasteiger partial charge >= 0.3 is 23.3 Å². The molecule has 148 valence electrons. The van der Waals surface area contributed by atoms with E-state index in [9.17, 15) is 28.8 Å². The molecule has 29 heavy (non-hydrogen) atoms. The number of nitrogen functional groups attached to an aromatic ring is 1. The van der Waals surface area contributed by atoms with Crippen LogP contribution in [-0.4, -0.2) is 51.7 Å². The summed E-state index contributed by atoms with van der Waals surface area (Å²) in [6.45, 7) is 0. The van der Waals surface area contributed by atoms with Crippen LogP contribution < -0.4 is 28.2 Å². The molecule has 0 saturated heterocycles. The van der Waals surface area contributed by atoms with Crippen molar-refractivity contribution in [3.05, 3.63) is 71.3 Å². The summed E-state index contributed by atoms with van der Waals surface area (Å²) < 4.78 is 0.999. The zero-order valence-corrected chi connectivity index (χ0v) is 13.9. The number of nitrogens with two attached hydrogens (primary N) is 1. The molecule has 0 aliphatic rings. The number of hydrogen-bond acceptors (Lipinski definition) is 9. The number of aromatic amines is 2. The number of nitrogens with zero attached hydrogens (tertiary/aromatic N) is 4. The van der Waals surface area contributed by atoms with Gasteiger partial charge in [-0.2, -0.15) is 19.6 Å². The lowest BCUT2D eigenvalue weighted by molar-refractivity contribution is 0.0675. The van der Waals surface area contributed by atoms with Crippen LogP contribution in [0.4, 0.5) is 5.69 Å². The van der Waals surface area contributed by atoms with E-state index in [1.165, 1.54) is 0 Å². The normalized spacial score (nSPS) is 10.6. The highest BCUT2D eigenvalue weighted by molar-refractivity contribution is 5.85. The Morgan fingerprint density at radius 2 is 1.17 bits per heavy atom. The molecule has 15 nitrogen and oxygen atoms in total. The third-order valence-electron chi connectivity index (χ3n) is 3.47. The summed E-state index contributed by atoms with van der Waals surface area (Å²) in [6, 6.07) is 3.40. The molecule has 3 aromatic rings. The van der Waals surface area contributed by atoms with Gasteiger partial charge in [-0.1, -0.05) is 0 Å². The number of hydrogen-bond donors (Lipinski definition) is 5. The first-order valence-electron chi connectivity index (χ1n) is 7.43. The van der Waals surface area contributed by atoms with Crippen LogP contribution in [0.15, 0.2) is 37.4 Å². The van der Waals surface area contributed by atoms with Crippen LogP contribution in [0.5, 0.6) is 0 Å². The Labute approximate surface area is 156 Å². The van der Waals surface area contributed by atoms with E-state index in [1.807, 2.05) is 0 Å². The highest BCUT2D eigenvalue weighted by atomic mass is 16.4. The Morgan fingerprint density at radius 1 is 0.793 bits per heavy atom. The number of nitrogens with one attached hydrogen (secondary N) is 2. The maximum absolute atomic E-state index is 12.0. The molecule has 0 bridgehead atoms. The topological polar surface area (TPSA) is 236 Å². The van der Waals surface area contributed by atoms with Gasteiger partial charge in [0.2, 0.25) is 11.4 Å². The first kappa shape index (κ1) is 19.0. The van der Waals surface area contributed by atoms with Gasteiger partial charge in [-0.05, 0) is 18.2 Å². The Kier molecular flexibility index (Phi) is 4.40. The molecule has 0 radical (unpaired) electrons.